The van der Waals surface area contributed by atoms with Crippen LogP contribution in [0.1, 0.15) is 54.6 Å². The van der Waals surface area contributed by atoms with Crippen LogP contribution in [0.2, 0.25) is 0 Å². The third-order valence-electron chi connectivity index (χ3n) is 7.46. The molecule has 1 N–H and O–H groups in total. The Morgan fingerprint density at radius 1 is 1.12 bits per heavy atom. The van der Waals surface area contributed by atoms with Crippen molar-refractivity contribution in [3.63, 3.8) is 0 Å². The molecule has 3 aliphatic rings. The molecular formula is C24H32F3N5OS. The van der Waals surface area contributed by atoms with Crippen LogP contribution >= 0.6 is 11.8 Å². The Balaban J connectivity index is 1.19. The van der Waals surface area contributed by atoms with Crippen LogP contribution in [0.5, 0.6) is 0 Å². The number of nitrogens with one attached hydrogen (secondary N) is 1. The molecule has 0 amide bonds. The molecule has 34 heavy (non-hydrogen) atoms. The third-order valence-corrected chi connectivity index (χ3v) is 8.57. The van der Waals surface area contributed by atoms with Gasteiger partial charge in [-0.05, 0) is 62.4 Å². The van der Waals surface area contributed by atoms with Gasteiger partial charge in [0.15, 0.2) is 5.16 Å². The lowest BCUT2D eigenvalue weighted by molar-refractivity contribution is -0.137. The van der Waals surface area contributed by atoms with Crippen LogP contribution in [-0.4, -0.2) is 64.3 Å². The normalized spacial score (nSPS) is 26.3. The number of hydrogen-bond donors (Lipinski definition) is 1. The van der Waals surface area contributed by atoms with E-state index < -0.39 is 11.7 Å². The predicted octanol–water partition coefficient (Wildman–Crippen LogP) is 4.25. The van der Waals surface area contributed by atoms with E-state index in [1.165, 1.54) is 12.1 Å². The maximum Gasteiger partial charge on any atom is 0.416 e. The highest BCUT2D eigenvalue weighted by molar-refractivity contribution is 7.99. The number of benzene rings is 1. The molecule has 4 heterocycles. The number of hydrogen-bond acceptors (Lipinski definition) is 6. The maximum absolute atomic E-state index is 13.0. The van der Waals surface area contributed by atoms with Crippen molar-refractivity contribution in [2.45, 2.75) is 55.0 Å². The van der Waals surface area contributed by atoms with Gasteiger partial charge in [-0.15, -0.1) is 10.2 Å². The van der Waals surface area contributed by atoms with E-state index in [1.807, 2.05) is 7.05 Å². The zero-order valence-corrected chi connectivity index (χ0v) is 20.2. The van der Waals surface area contributed by atoms with Crippen LogP contribution in [0.25, 0.3) is 0 Å². The van der Waals surface area contributed by atoms with Gasteiger partial charge in [-0.1, -0.05) is 23.9 Å². The summed E-state index contributed by atoms with van der Waals surface area (Å²) in [6.07, 6.45) is -0.202. The molecule has 0 saturated carbocycles. The first-order valence-corrected chi connectivity index (χ1v) is 13.1. The fraction of sp³-hybridized carbons (Fsp3) is 0.667. The molecule has 6 nitrogen and oxygen atoms in total. The molecule has 3 atom stereocenters. The van der Waals surface area contributed by atoms with Crippen molar-refractivity contribution in [1.82, 2.24) is 25.0 Å². The fourth-order valence-corrected chi connectivity index (χ4v) is 6.55. The van der Waals surface area contributed by atoms with E-state index >= 15 is 0 Å². The van der Waals surface area contributed by atoms with Crippen molar-refractivity contribution in [3.05, 3.63) is 41.2 Å². The Kier molecular flexibility index (Phi) is 7.20. The molecule has 0 radical (unpaired) electrons. The van der Waals surface area contributed by atoms with Gasteiger partial charge in [0.1, 0.15) is 5.82 Å². The van der Waals surface area contributed by atoms with E-state index in [2.05, 4.69) is 25.0 Å². The van der Waals surface area contributed by atoms with Gasteiger partial charge < -0.3 is 14.6 Å². The predicted molar refractivity (Wildman–Crippen MR) is 125 cm³/mol. The second-order valence-corrected chi connectivity index (χ2v) is 10.6. The van der Waals surface area contributed by atoms with E-state index in [9.17, 15) is 13.2 Å². The minimum atomic E-state index is -4.30. The molecule has 3 fully saturated rings. The lowest BCUT2D eigenvalue weighted by Crippen LogP contribution is -2.35. The van der Waals surface area contributed by atoms with E-state index in [1.54, 1.807) is 23.9 Å². The molecule has 0 bridgehead atoms. The van der Waals surface area contributed by atoms with E-state index in [0.717, 1.165) is 80.8 Å². The topological polar surface area (TPSA) is 55.2 Å². The Morgan fingerprint density at radius 3 is 2.62 bits per heavy atom. The number of fused-ring (bicyclic) bond motifs is 1. The first kappa shape index (κ1) is 24.1. The lowest BCUT2D eigenvalue weighted by atomic mass is 9.94. The van der Waals surface area contributed by atoms with Gasteiger partial charge >= 0.3 is 6.18 Å². The Morgan fingerprint density at radius 2 is 1.88 bits per heavy atom. The minimum Gasteiger partial charge on any atom is -0.381 e. The molecule has 0 aliphatic carbocycles. The standard InChI is InChI=1S/C24H32F3N5OS/c1-31-22(17-8-12-33-13-9-17)29-30-23(31)34-14-2-11-32-15-18-7-10-28-20(18)21(32)16-3-5-19(6-4-16)24(25,26)27/h3-6,17-18,20-21,28H,2,7-15H2,1H3/t18-,20-,21?/m0/s1. The van der Waals surface area contributed by atoms with E-state index in [4.69, 9.17) is 4.74 Å². The van der Waals surface area contributed by atoms with Gasteiger partial charge in [0, 0.05) is 44.5 Å². The summed E-state index contributed by atoms with van der Waals surface area (Å²) in [4.78, 5) is 2.45. The van der Waals surface area contributed by atoms with Crippen molar-refractivity contribution in [2.24, 2.45) is 13.0 Å². The van der Waals surface area contributed by atoms with Crippen molar-refractivity contribution in [1.29, 1.82) is 0 Å². The zero-order valence-electron chi connectivity index (χ0n) is 19.4. The molecule has 186 valence electrons. The maximum atomic E-state index is 13.0. The Bertz CT molecular complexity index is 961. The molecule has 5 rings (SSSR count). The lowest BCUT2D eigenvalue weighted by Gasteiger charge is -2.28. The molecular weight excluding hydrogens is 463 g/mol. The van der Waals surface area contributed by atoms with Crippen molar-refractivity contribution in [2.75, 3.05) is 38.6 Å². The quantitative estimate of drug-likeness (QED) is 0.458. The summed E-state index contributed by atoms with van der Waals surface area (Å²) in [7, 11) is 2.04. The summed E-state index contributed by atoms with van der Waals surface area (Å²) in [5.74, 6) is 2.95. The van der Waals surface area contributed by atoms with Crippen LogP contribution in [0.3, 0.4) is 0 Å². The van der Waals surface area contributed by atoms with Gasteiger partial charge in [-0.2, -0.15) is 13.2 Å². The van der Waals surface area contributed by atoms with Gasteiger partial charge in [0.2, 0.25) is 0 Å². The summed E-state index contributed by atoms with van der Waals surface area (Å²) in [6.45, 7) is 4.46. The Hall–Kier alpha value is -1.62. The van der Waals surface area contributed by atoms with Crippen LogP contribution in [0, 0.1) is 5.92 Å². The van der Waals surface area contributed by atoms with E-state index in [-0.39, 0.29) is 6.04 Å². The van der Waals surface area contributed by atoms with Crippen LogP contribution in [0.4, 0.5) is 13.2 Å². The number of ether oxygens (including phenoxy) is 1. The van der Waals surface area contributed by atoms with Crippen LogP contribution in [0.15, 0.2) is 29.4 Å². The second kappa shape index (κ2) is 10.2. The van der Waals surface area contributed by atoms with Gasteiger partial charge in [-0.25, -0.2) is 0 Å². The molecule has 3 aliphatic heterocycles. The zero-order chi connectivity index (χ0) is 23.7. The highest BCUT2D eigenvalue weighted by Gasteiger charge is 2.44. The summed E-state index contributed by atoms with van der Waals surface area (Å²) < 4.78 is 46.7. The SMILES string of the molecule is Cn1c(SCCCN2C[C@@H]3CCN[C@@H]3C2c2ccc(C(F)(F)F)cc2)nnc1C1CCOCC1. The van der Waals surface area contributed by atoms with Gasteiger partial charge in [0.05, 0.1) is 11.6 Å². The molecule has 1 unspecified atom stereocenters. The summed E-state index contributed by atoms with van der Waals surface area (Å²) in [5.41, 5.74) is 0.383. The van der Waals surface area contributed by atoms with Crippen LogP contribution in [-0.2, 0) is 18.0 Å². The highest BCUT2D eigenvalue weighted by atomic mass is 32.2. The number of aromatic nitrogens is 3. The number of nitrogens with zero attached hydrogens (tertiary/aromatic N) is 4. The monoisotopic (exact) mass is 495 g/mol. The molecule has 2 aromatic rings. The summed E-state index contributed by atoms with van der Waals surface area (Å²) in [5, 5.41) is 13.4. The molecule has 1 aromatic carbocycles. The first-order valence-electron chi connectivity index (χ1n) is 12.2. The number of rotatable bonds is 7. The second-order valence-electron chi connectivity index (χ2n) is 9.58. The van der Waals surface area contributed by atoms with Crippen LogP contribution < -0.4 is 5.32 Å². The Labute approximate surface area is 202 Å². The number of thioether (sulfide) groups is 1. The first-order chi connectivity index (χ1) is 16.4. The third kappa shape index (κ3) is 5.01. The number of halogens is 3. The summed E-state index contributed by atoms with van der Waals surface area (Å²) >= 11 is 1.73. The van der Waals surface area contributed by atoms with Gasteiger partial charge in [-0.3, -0.25) is 4.90 Å². The highest BCUT2D eigenvalue weighted by Crippen LogP contribution is 2.41. The molecule has 0 spiro atoms. The molecule has 10 heteroatoms. The summed E-state index contributed by atoms with van der Waals surface area (Å²) in [6, 6.07) is 6.19. The largest absolute Gasteiger partial charge is 0.416 e. The molecule has 3 saturated heterocycles. The van der Waals surface area contributed by atoms with E-state index in [0.29, 0.717) is 17.9 Å². The molecule has 1 aromatic heterocycles. The average Bonchev–Trinajstić information content (AvgIpc) is 3.51. The van der Waals surface area contributed by atoms with Crippen molar-refractivity contribution in [3.8, 4) is 0 Å². The van der Waals surface area contributed by atoms with Gasteiger partial charge in [0.25, 0.3) is 0 Å². The number of alkyl halides is 3. The fourth-order valence-electron chi connectivity index (χ4n) is 5.71. The van der Waals surface area contributed by atoms with Crippen molar-refractivity contribution < 1.29 is 17.9 Å². The minimum absolute atomic E-state index is 0.120. The smallest absolute Gasteiger partial charge is 0.381 e. The van der Waals surface area contributed by atoms with Crippen molar-refractivity contribution >= 4 is 11.8 Å². The number of likely N-dealkylation sites (tertiary alicyclic amines) is 1. The average molecular weight is 496 g/mol.